The Morgan fingerprint density at radius 2 is 1.89 bits per heavy atom. The van der Waals surface area contributed by atoms with Crippen molar-refractivity contribution in [3.63, 3.8) is 0 Å². The second-order valence-corrected chi connectivity index (χ2v) is 8.21. The molecule has 2 heterocycles. The highest BCUT2D eigenvalue weighted by atomic mass is 127. The van der Waals surface area contributed by atoms with E-state index in [0.717, 1.165) is 41.6 Å². The van der Waals surface area contributed by atoms with Crippen LogP contribution in [0.5, 0.6) is 0 Å². The highest BCUT2D eigenvalue weighted by Crippen LogP contribution is 2.34. The van der Waals surface area contributed by atoms with Gasteiger partial charge in [-0.15, -0.1) is 35.3 Å². The summed E-state index contributed by atoms with van der Waals surface area (Å²) in [5.74, 6) is 0.551. The summed E-state index contributed by atoms with van der Waals surface area (Å²) in [5.41, 5.74) is 2.12. The Balaban J connectivity index is 0.00000280. The van der Waals surface area contributed by atoms with Crippen molar-refractivity contribution in [1.29, 1.82) is 0 Å². The van der Waals surface area contributed by atoms with Crippen molar-refractivity contribution in [2.45, 2.75) is 38.6 Å². The Morgan fingerprint density at radius 3 is 2.46 bits per heavy atom. The Labute approximate surface area is 187 Å². The maximum Gasteiger partial charge on any atom is 0.191 e. The van der Waals surface area contributed by atoms with Crippen LogP contribution in [0, 0.1) is 19.7 Å². The lowest BCUT2D eigenvalue weighted by atomic mass is 9.74. The lowest BCUT2D eigenvalue weighted by Crippen LogP contribution is -2.47. The average Bonchev–Trinajstić information content (AvgIpc) is 3.00. The summed E-state index contributed by atoms with van der Waals surface area (Å²) in [5, 5.41) is 7.91. The third-order valence-corrected chi connectivity index (χ3v) is 6.21. The van der Waals surface area contributed by atoms with Crippen molar-refractivity contribution in [3.8, 4) is 0 Å². The molecule has 0 saturated carbocycles. The molecule has 2 aromatic rings. The van der Waals surface area contributed by atoms with Gasteiger partial charge in [0.2, 0.25) is 0 Å². The van der Waals surface area contributed by atoms with Crippen LogP contribution in [-0.2, 0) is 16.7 Å². The Morgan fingerprint density at radius 1 is 1.21 bits per heavy atom. The van der Waals surface area contributed by atoms with E-state index in [0.29, 0.717) is 19.8 Å². The maximum absolute atomic E-state index is 13.4. The summed E-state index contributed by atoms with van der Waals surface area (Å²) in [6.45, 7) is 6.90. The molecule has 1 aromatic heterocycles. The molecule has 1 aromatic carbocycles. The third-order valence-electron chi connectivity index (χ3n) is 5.14. The van der Waals surface area contributed by atoms with Crippen molar-refractivity contribution < 1.29 is 9.13 Å². The zero-order chi connectivity index (χ0) is 19.3. The quantitative estimate of drug-likeness (QED) is 0.358. The van der Waals surface area contributed by atoms with Gasteiger partial charge in [0.25, 0.3) is 0 Å². The summed E-state index contributed by atoms with van der Waals surface area (Å²) in [6, 6.07) is 6.85. The molecule has 8 heteroatoms. The normalized spacial score (nSPS) is 16.4. The van der Waals surface area contributed by atoms with E-state index in [1.54, 1.807) is 18.4 Å². The molecule has 0 spiro atoms. The van der Waals surface area contributed by atoms with Crippen LogP contribution < -0.4 is 10.6 Å². The number of aryl methyl sites for hydroxylation is 2. The summed E-state index contributed by atoms with van der Waals surface area (Å²) in [6.07, 6.45) is 1.80. The molecule has 5 nitrogen and oxygen atoms in total. The van der Waals surface area contributed by atoms with Crippen molar-refractivity contribution in [2.24, 2.45) is 4.99 Å². The number of aromatic nitrogens is 1. The van der Waals surface area contributed by atoms with Crippen LogP contribution in [0.3, 0.4) is 0 Å². The van der Waals surface area contributed by atoms with E-state index >= 15 is 0 Å². The molecule has 1 aliphatic heterocycles. The molecule has 2 N–H and O–H groups in total. The highest BCUT2D eigenvalue weighted by Gasteiger charge is 2.34. The lowest BCUT2D eigenvalue weighted by Gasteiger charge is -2.38. The third kappa shape index (κ3) is 5.64. The van der Waals surface area contributed by atoms with E-state index in [4.69, 9.17) is 4.74 Å². The van der Waals surface area contributed by atoms with Crippen LogP contribution in [0.15, 0.2) is 29.3 Å². The number of ether oxygens (including phenoxy) is 1. The smallest absolute Gasteiger partial charge is 0.191 e. The van der Waals surface area contributed by atoms with Gasteiger partial charge in [-0.2, -0.15) is 0 Å². The van der Waals surface area contributed by atoms with Crippen LogP contribution >= 0.6 is 35.3 Å². The number of benzene rings is 1. The van der Waals surface area contributed by atoms with Crippen molar-refractivity contribution in [3.05, 3.63) is 51.2 Å². The minimum absolute atomic E-state index is 0. The Hall–Kier alpha value is -1.26. The van der Waals surface area contributed by atoms with Gasteiger partial charge in [0.05, 0.1) is 17.2 Å². The first kappa shape index (κ1) is 23.0. The second-order valence-electron chi connectivity index (χ2n) is 6.92. The van der Waals surface area contributed by atoms with E-state index < -0.39 is 0 Å². The van der Waals surface area contributed by atoms with Gasteiger partial charge in [-0.05, 0) is 44.4 Å². The van der Waals surface area contributed by atoms with E-state index in [9.17, 15) is 4.39 Å². The Bertz CT molecular complexity index is 788. The van der Waals surface area contributed by atoms with Crippen LogP contribution in [0.4, 0.5) is 4.39 Å². The van der Waals surface area contributed by atoms with Crippen molar-refractivity contribution >= 4 is 41.3 Å². The van der Waals surface area contributed by atoms with Crippen molar-refractivity contribution in [1.82, 2.24) is 15.6 Å². The molecule has 0 unspecified atom stereocenters. The van der Waals surface area contributed by atoms with E-state index in [1.807, 2.05) is 26.0 Å². The van der Waals surface area contributed by atoms with Gasteiger partial charge < -0.3 is 15.4 Å². The molecule has 0 aliphatic carbocycles. The van der Waals surface area contributed by atoms with E-state index in [-0.39, 0.29) is 35.2 Å². The van der Waals surface area contributed by atoms with Gasteiger partial charge in [-0.25, -0.2) is 9.37 Å². The minimum Gasteiger partial charge on any atom is -0.381 e. The highest BCUT2D eigenvalue weighted by molar-refractivity contribution is 14.0. The molecule has 0 bridgehead atoms. The van der Waals surface area contributed by atoms with E-state index in [1.165, 1.54) is 17.0 Å². The van der Waals surface area contributed by atoms with Gasteiger partial charge in [0.1, 0.15) is 5.82 Å². The fourth-order valence-electron chi connectivity index (χ4n) is 3.51. The standard InChI is InChI=1S/C20H27FN4OS.HI/c1-14-18(27-15(2)25-14)12-23-19(22-3)24-13-20(8-10-26-11-9-20)16-4-6-17(21)7-5-16;/h4-7H,8-13H2,1-3H3,(H2,22,23,24);1H. The van der Waals surface area contributed by atoms with Crippen LogP contribution in [0.2, 0.25) is 0 Å². The van der Waals surface area contributed by atoms with Crippen LogP contribution in [0.1, 0.15) is 34.0 Å². The SMILES string of the molecule is CN=C(NCc1sc(C)nc1C)NCC1(c2ccc(F)cc2)CCOCC1.I. The van der Waals surface area contributed by atoms with E-state index in [2.05, 4.69) is 20.6 Å². The molecule has 3 rings (SSSR count). The molecule has 28 heavy (non-hydrogen) atoms. The number of guanidine groups is 1. The molecule has 0 radical (unpaired) electrons. The number of hydrogen-bond donors (Lipinski definition) is 2. The summed E-state index contributed by atoms with van der Waals surface area (Å²) < 4.78 is 18.9. The summed E-state index contributed by atoms with van der Waals surface area (Å²) in [7, 11) is 1.77. The number of aliphatic imine (C=N–C) groups is 1. The molecule has 1 fully saturated rings. The van der Waals surface area contributed by atoms with Crippen LogP contribution in [-0.4, -0.2) is 37.7 Å². The number of hydrogen-bond acceptors (Lipinski definition) is 4. The van der Waals surface area contributed by atoms with Gasteiger partial charge in [0, 0.05) is 37.1 Å². The number of halogens is 2. The molecule has 0 amide bonds. The number of nitrogens with zero attached hydrogens (tertiary/aromatic N) is 2. The van der Waals surface area contributed by atoms with Gasteiger partial charge in [-0.1, -0.05) is 12.1 Å². The zero-order valence-corrected chi connectivity index (χ0v) is 19.7. The molecule has 154 valence electrons. The Kier molecular flexibility index (Phi) is 8.63. The fraction of sp³-hybridized carbons (Fsp3) is 0.500. The maximum atomic E-state index is 13.4. The van der Waals surface area contributed by atoms with Gasteiger partial charge >= 0.3 is 0 Å². The molecular formula is C20H28FIN4OS. The predicted octanol–water partition coefficient (Wildman–Crippen LogP) is 3.93. The molecule has 1 saturated heterocycles. The first-order valence-corrected chi connectivity index (χ1v) is 10.1. The monoisotopic (exact) mass is 518 g/mol. The van der Waals surface area contributed by atoms with Crippen molar-refractivity contribution in [2.75, 3.05) is 26.8 Å². The average molecular weight is 518 g/mol. The summed E-state index contributed by atoms with van der Waals surface area (Å²) in [4.78, 5) is 10.0. The lowest BCUT2D eigenvalue weighted by molar-refractivity contribution is 0.0513. The largest absolute Gasteiger partial charge is 0.381 e. The molecular weight excluding hydrogens is 490 g/mol. The predicted molar refractivity (Wildman–Crippen MR) is 123 cm³/mol. The first-order chi connectivity index (χ1) is 13.0. The summed E-state index contributed by atoms with van der Waals surface area (Å²) >= 11 is 1.70. The first-order valence-electron chi connectivity index (χ1n) is 9.24. The van der Waals surface area contributed by atoms with Gasteiger partial charge in [-0.3, -0.25) is 4.99 Å². The zero-order valence-electron chi connectivity index (χ0n) is 16.5. The number of nitrogens with one attached hydrogen (secondary N) is 2. The minimum atomic E-state index is -0.207. The number of thiazole rings is 1. The fourth-order valence-corrected chi connectivity index (χ4v) is 4.38. The molecule has 0 atom stereocenters. The van der Waals surface area contributed by atoms with Gasteiger partial charge in [0.15, 0.2) is 5.96 Å². The second kappa shape index (κ2) is 10.5. The van der Waals surface area contributed by atoms with Crippen LogP contribution in [0.25, 0.3) is 0 Å². The number of rotatable bonds is 5. The topological polar surface area (TPSA) is 58.5 Å². The molecule has 1 aliphatic rings.